The van der Waals surface area contributed by atoms with E-state index in [0.29, 0.717) is 35.1 Å². The summed E-state index contributed by atoms with van der Waals surface area (Å²) in [4.78, 5) is 16.3. The van der Waals surface area contributed by atoms with Crippen LogP contribution in [0.2, 0.25) is 33.2 Å². The van der Waals surface area contributed by atoms with Gasteiger partial charge in [-0.1, -0.05) is 95.1 Å². The molecular formula is C50H69F5N6O2Si2. The second kappa shape index (κ2) is 18.7. The maximum Gasteiger partial charge on any atom is 0.319 e. The number of pyridine rings is 1. The Morgan fingerprint density at radius 3 is 2.17 bits per heavy atom. The zero-order valence-corrected chi connectivity index (χ0v) is 42.4. The predicted octanol–water partition coefficient (Wildman–Crippen LogP) is 12.9. The minimum atomic E-state index is -2.96. The summed E-state index contributed by atoms with van der Waals surface area (Å²) >= 11 is 0. The van der Waals surface area contributed by atoms with Crippen LogP contribution in [0.5, 0.6) is 11.8 Å². The highest BCUT2D eigenvalue weighted by atomic mass is 28.4. The van der Waals surface area contributed by atoms with Crippen molar-refractivity contribution < 1.29 is 31.1 Å². The fraction of sp³-hybridized carbons (Fsp3) is 0.620. The first-order chi connectivity index (χ1) is 30.6. The maximum absolute atomic E-state index is 18.0. The summed E-state index contributed by atoms with van der Waals surface area (Å²) < 4.78 is 92.4. The monoisotopic (exact) mass is 936 g/mol. The third-order valence-corrected chi connectivity index (χ3v) is 27.4. The molecule has 65 heavy (non-hydrogen) atoms. The molecule has 5 heterocycles. The van der Waals surface area contributed by atoms with E-state index in [0.717, 1.165) is 19.4 Å². The average Bonchev–Trinajstić information content (AvgIpc) is 3.68. The number of nitrogens with zero attached hydrogens (tertiary/aromatic N) is 5. The highest BCUT2D eigenvalue weighted by molar-refractivity contribution is 6.90. The average molecular weight is 937 g/mol. The van der Waals surface area contributed by atoms with Gasteiger partial charge in [-0.3, -0.25) is 14.9 Å². The number of aromatic nitrogens is 3. The van der Waals surface area contributed by atoms with Gasteiger partial charge in [0, 0.05) is 43.1 Å². The lowest BCUT2D eigenvalue weighted by Crippen LogP contribution is -2.50. The Kier molecular flexibility index (Phi) is 14.1. The molecule has 0 unspecified atom stereocenters. The molecule has 0 bridgehead atoms. The van der Waals surface area contributed by atoms with Crippen molar-refractivity contribution in [2.45, 2.75) is 166 Å². The van der Waals surface area contributed by atoms with Crippen LogP contribution in [0.3, 0.4) is 0 Å². The molecule has 3 saturated heterocycles. The highest BCUT2D eigenvalue weighted by Crippen LogP contribution is 2.47. The zero-order chi connectivity index (χ0) is 47.4. The van der Waals surface area contributed by atoms with Gasteiger partial charge in [0.1, 0.15) is 43.6 Å². The van der Waals surface area contributed by atoms with Crippen molar-refractivity contribution in [1.82, 2.24) is 25.3 Å². The van der Waals surface area contributed by atoms with Gasteiger partial charge in [-0.05, 0) is 82.6 Å². The van der Waals surface area contributed by atoms with Gasteiger partial charge >= 0.3 is 6.01 Å². The Morgan fingerprint density at radius 2 is 1.52 bits per heavy atom. The Hall–Kier alpha value is -3.85. The van der Waals surface area contributed by atoms with Crippen LogP contribution in [0, 0.1) is 23.1 Å². The Bertz CT molecular complexity index is 2410. The van der Waals surface area contributed by atoms with E-state index < -0.39 is 52.2 Å². The quantitative estimate of drug-likeness (QED) is 0.0807. The first-order valence-corrected chi connectivity index (χ1v) is 28.2. The van der Waals surface area contributed by atoms with E-state index in [9.17, 15) is 13.2 Å². The molecule has 1 N–H and O–H groups in total. The van der Waals surface area contributed by atoms with Crippen molar-refractivity contribution in [3.05, 3.63) is 47.7 Å². The van der Waals surface area contributed by atoms with E-state index in [1.807, 2.05) is 6.07 Å². The molecule has 354 valence electrons. The molecule has 7 rings (SSSR count). The molecule has 0 radical (unpaired) electrons. The molecule has 0 spiro atoms. The van der Waals surface area contributed by atoms with Crippen molar-refractivity contribution in [3.8, 4) is 34.5 Å². The van der Waals surface area contributed by atoms with Crippen molar-refractivity contribution in [1.29, 1.82) is 0 Å². The van der Waals surface area contributed by atoms with Crippen molar-refractivity contribution in [2.24, 2.45) is 0 Å². The molecule has 2 aromatic heterocycles. The van der Waals surface area contributed by atoms with Gasteiger partial charge in [-0.25, -0.2) is 27.4 Å². The van der Waals surface area contributed by atoms with Crippen LogP contribution in [0.15, 0.2) is 30.5 Å². The van der Waals surface area contributed by atoms with Crippen LogP contribution in [-0.2, 0) is 0 Å². The van der Waals surface area contributed by atoms with E-state index >= 15 is 8.78 Å². The molecule has 3 fully saturated rings. The summed E-state index contributed by atoms with van der Waals surface area (Å²) in [6, 6.07) is 6.64. The highest BCUT2D eigenvalue weighted by Gasteiger charge is 2.50. The lowest BCUT2D eigenvalue weighted by molar-refractivity contribution is -0.00178. The van der Waals surface area contributed by atoms with Crippen molar-refractivity contribution in [3.63, 3.8) is 0 Å². The lowest BCUT2D eigenvalue weighted by Gasteiger charge is -2.42. The van der Waals surface area contributed by atoms with Gasteiger partial charge in [-0.2, -0.15) is 9.97 Å². The number of nitrogens with one attached hydrogen (secondary N) is 1. The molecule has 3 aliphatic rings. The molecule has 4 aromatic rings. The fourth-order valence-corrected chi connectivity index (χ4v) is 22.6. The number of hydrogen-bond donors (Lipinski definition) is 1. The fourth-order valence-electron chi connectivity index (χ4n) is 12.1. The molecule has 2 atom stereocenters. The molecular weight excluding hydrogens is 868 g/mol. The molecule has 0 aliphatic carbocycles. The summed E-state index contributed by atoms with van der Waals surface area (Å²) in [6.45, 7) is 27.0. The maximum atomic E-state index is 18.0. The standard InChI is InChI=1S/C50H69F5N6O2Si2/c1-30(2)64(31(3)4,32(5)6)22-17-39-42(52)16-15-36-23-38(63-65(33(7)8,34(9)10)35(11)12)24-40(43(36)39)45-44(53)46-41(26-56-45)47(61-21-14-19-50(54,55)28-57-61)59-48(58-46)62-29-49-18-13-20-60(49)27-37(51)25-49/h15-16,23-24,26,30-35,37,57H,13-14,18-21,25,27-29H2,1-12H3/t37-,49+/m1/s1. The molecule has 0 amide bonds. The van der Waals surface area contributed by atoms with Gasteiger partial charge in [0.2, 0.25) is 0 Å². The predicted molar refractivity (Wildman–Crippen MR) is 258 cm³/mol. The number of alkyl halides is 3. The van der Waals surface area contributed by atoms with E-state index in [1.165, 1.54) is 17.3 Å². The number of hydrazine groups is 1. The number of rotatable bonds is 13. The van der Waals surface area contributed by atoms with Gasteiger partial charge in [-0.15, -0.1) is 5.54 Å². The molecule has 3 aliphatic heterocycles. The number of benzene rings is 2. The second-order valence-electron chi connectivity index (χ2n) is 20.9. The minimum Gasteiger partial charge on any atom is -0.543 e. The molecule has 15 heteroatoms. The normalized spacial score (nSPS) is 20.8. The summed E-state index contributed by atoms with van der Waals surface area (Å²) in [5.41, 5.74) is 7.71. The van der Waals surface area contributed by atoms with Crippen LogP contribution in [-0.4, -0.2) is 86.7 Å². The first-order valence-electron chi connectivity index (χ1n) is 23.8. The largest absolute Gasteiger partial charge is 0.543 e. The Morgan fingerprint density at radius 1 is 0.862 bits per heavy atom. The number of fused-ring (bicyclic) bond motifs is 3. The third kappa shape index (κ3) is 9.02. The van der Waals surface area contributed by atoms with Crippen LogP contribution < -0.4 is 19.6 Å². The molecule has 2 aromatic carbocycles. The topological polar surface area (TPSA) is 75.6 Å². The van der Waals surface area contributed by atoms with Crippen LogP contribution >= 0.6 is 0 Å². The van der Waals surface area contributed by atoms with Crippen LogP contribution in [0.1, 0.15) is 121 Å². The first kappa shape index (κ1) is 49.1. The van der Waals surface area contributed by atoms with Crippen LogP contribution in [0.4, 0.5) is 27.8 Å². The Balaban J connectivity index is 1.49. The number of anilines is 1. The van der Waals surface area contributed by atoms with Gasteiger partial charge < -0.3 is 9.16 Å². The molecule has 8 nitrogen and oxygen atoms in total. The number of ether oxygens (including phenoxy) is 1. The van der Waals surface area contributed by atoms with E-state index in [4.69, 9.17) is 19.1 Å². The van der Waals surface area contributed by atoms with E-state index in [2.05, 4.69) is 110 Å². The number of hydrogen-bond acceptors (Lipinski definition) is 8. The summed E-state index contributed by atoms with van der Waals surface area (Å²) in [7, 11) is -4.93. The zero-order valence-electron chi connectivity index (χ0n) is 40.4. The van der Waals surface area contributed by atoms with E-state index in [-0.39, 0.29) is 93.2 Å². The van der Waals surface area contributed by atoms with Crippen molar-refractivity contribution >= 4 is 43.9 Å². The molecule has 0 saturated carbocycles. The van der Waals surface area contributed by atoms with Gasteiger partial charge in [0.05, 0.1) is 23.0 Å². The van der Waals surface area contributed by atoms with Crippen LogP contribution in [0.25, 0.3) is 32.9 Å². The van der Waals surface area contributed by atoms with E-state index in [1.54, 1.807) is 12.1 Å². The minimum absolute atomic E-state index is 0.0792. The lowest BCUT2D eigenvalue weighted by atomic mass is 9.95. The van der Waals surface area contributed by atoms with Crippen molar-refractivity contribution in [2.75, 3.05) is 37.8 Å². The third-order valence-electron chi connectivity index (χ3n) is 15.2. The summed E-state index contributed by atoms with van der Waals surface area (Å²) in [5, 5.41) is 2.70. The smallest absolute Gasteiger partial charge is 0.319 e. The summed E-state index contributed by atoms with van der Waals surface area (Å²) in [6.07, 6.45) is 2.19. The Labute approximate surface area is 385 Å². The second-order valence-corrected chi connectivity index (χ2v) is 31.8. The van der Waals surface area contributed by atoms with Gasteiger partial charge in [0.25, 0.3) is 14.2 Å². The summed E-state index contributed by atoms with van der Waals surface area (Å²) in [5.74, 6) is -0.274. The number of halogens is 5. The van der Waals surface area contributed by atoms with Gasteiger partial charge in [0.15, 0.2) is 11.6 Å². The SMILES string of the molecule is CC(C)[Si](C#Cc1c(F)ccc2cc(O[Si](C(C)C)(C(C)C)C(C)C)cc(-c3ncc4c(N5CCCC(F)(F)CN5)nc(OC[C@@]56CCCN5C[C@H](F)C6)nc4c3F)c12)(C(C)C)C(C)C.